The summed E-state index contributed by atoms with van der Waals surface area (Å²) < 4.78 is 0. The minimum atomic E-state index is -0.307. The van der Waals surface area contributed by atoms with Gasteiger partial charge in [0.15, 0.2) is 5.78 Å². The predicted molar refractivity (Wildman–Crippen MR) is 98.4 cm³/mol. The highest BCUT2D eigenvalue weighted by atomic mass is 35.5. The monoisotopic (exact) mass is 385 g/mol. The smallest absolute Gasteiger partial charge is 0.239 e. The average Bonchev–Trinajstić information content (AvgIpc) is 2.91. The number of ketones is 1. The van der Waals surface area contributed by atoms with E-state index in [9.17, 15) is 9.59 Å². The van der Waals surface area contributed by atoms with Crippen LogP contribution in [0.3, 0.4) is 0 Å². The molecule has 0 unspecified atom stereocenters. The summed E-state index contributed by atoms with van der Waals surface area (Å²) in [5.41, 5.74) is 2.16. The molecule has 23 heavy (non-hydrogen) atoms. The van der Waals surface area contributed by atoms with Crippen LogP contribution >= 0.6 is 46.3 Å². The molecule has 1 N–H and O–H groups in total. The summed E-state index contributed by atoms with van der Waals surface area (Å²) in [6.07, 6.45) is 0.828. The number of fused-ring (bicyclic) bond motifs is 1. The van der Waals surface area contributed by atoms with E-state index < -0.39 is 0 Å². The van der Waals surface area contributed by atoms with E-state index in [0.717, 1.165) is 28.4 Å². The number of halogens is 2. The number of carbonyl (C=O) groups excluding carboxylic acids is 2. The molecule has 7 heteroatoms. The van der Waals surface area contributed by atoms with Crippen LogP contribution in [0.2, 0.25) is 5.02 Å². The quantitative estimate of drug-likeness (QED) is 0.617. The summed E-state index contributed by atoms with van der Waals surface area (Å²) in [4.78, 5) is 25.8. The molecule has 1 amide bonds. The van der Waals surface area contributed by atoms with Crippen molar-refractivity contribution in [2.24, 2.45) is 0 Å². The average molecular weight is 386 g/mol. The Morgan fingerprint density at radius 1 is 1.30 bits per heavy atom. The lowest BCUT2D eigenvalue weighted by atomic mass is 9.98. The molecule has 120 valence electrons. The molecule has 0 atom stereocenters. The zero-order chi connectivity index (χ0) is 16.4. The van der Waals surface area contributed by atoms with Crippen molar-refractivity contribution in [3.8, 4) is 0 Å². The van der Waals surface area contributed by atoms with Crippen molar-refractivity contribution < 1.29 is 9.59 Å². The number of nitrogens with one attached hydrogen (secondary N) is 1. The largest absolute Gasteiger partial charge is 0.316 e. The van der Waals surface area contributed by atoms with Crippen molar-refractivity contribution in [1.82, 2.24) is 0 Å². The van der Waals surface area contributed by atoms with Gasteiger partial charge in [-0.1, -0.05) is 23.7 Å². The van der Waals surface area contributed by atoms with Gasteiger partial charge in [-0.25, -0.2) is 0 Å². The Morgan fingerprint density at radius 2 is 2.13 bits per heavy atom. The highest BCUT2D eigenvalue weighted by molar-refractivity contribution is 7.98. The molecule has 3 rings (SSSR count). The van der Waals surface area contributed by atoms with Gasteiger partial charge in [0.25, 0.3) is 0 Å². The van der Waals surface area contributed by atoms with E-state index in [1.807, 2.05) is 11.8 Å². The Bertz CT molecular complexity index is 773. The van der Waals surface area contributed by atoms with Gasteiger partial charge in [0, 0.05) is 21.2 Å². The van der Waals surface area contributed by atoms with Crippen LogP contribution in [-0.2, 0) is 17.0 Å². The number of rotatable bonds is 4. The molecule has 1 aromatic carbocycles. The van der Waals surface area contributed by atoms with Crippen molar-refractivity contribution >= 4 is 63.0 Å². The van der Waals surface area contributed by atoms with Gasteiger partial charge in [0.2, 0.25) is 5.91 Å². The molecule has 0 saturated carbocycles. The van der Waals surface area contributed by atoms with E-state index >= 15 is 0 Å². The van der Waals surface area contributed by atoms with E-state index in [4.69, 9.17) is 23.2 Å². The Morgan fingerprint density at radius 3 is 2.87 bits per heavy atom. The summed E-state index contributed by atoms with van der Waals surface area (Å²) in [6.45, 7) is 0. The Kier molecular flexibility index (Phi) is 5.31. The molecule has 0 bridgehead atoms. The van der Waals surface area contributed by atoms with Gasteiger partial charge in [0.1, 0.15) is 10.9 Å². The standard InChI is InChI=1S/C16H13Cl2NO2S2/c17-7-13(20)19-16-14(11-4-5-22-8-12(11)23-16)15(21)9-2-1-3-10(18)6-9/h1-3,6H,4-5,7-8H2,(H,19,20). The number of hydrogen-bond acceptors (Lipinski definition) is 4. The molecule has 0 saturated heterocycles. The highest BCUT2D eigenvalue weighted by Gasteiger charge is 2.27. The number of carbonyl (C=O) groups is 2. The third-order valence-corrected chi connectivity index (χ3v) is 6.30. The van der Waals surface area contributed by atoms with Gasteiger partial charge < -0.3 is 5.32 Å². The maximum absolute atomic E-state index is 13.0. The number of benzene rings is 1. The molecular weight excluding hydrogens is 373 g/mol. The minimum absolute atomic E-state index is 0.109. The van der Waals surface area contributed by atoms with Gasteiger partial charge in [0.05, 0.1) is 5.56 Å². The summed E-state index contributed by atoms with van der Waals surface area (Å²) in [5, 5.41) is 3.87. The second-order valence-corrected chi connectivity index (χ2v) is 7.95. The van der Waals surface area contributed by atoms with Crippen molar-refractivity contribution in [3.05, 3.63) is 50.9 Å². The van der Waals surface area contributed by atoms with Gasteiger partial charge in [-0.3, -0.25) is 9.59 Å². The SMILES string of the molecule is O=C(CCl)Nc1sc2c(c1C(=O)c1cccc(Cl)c1)CCSC2. The van der Waals surface area contributed by atoms with Gasteiger partial charge in [-0.05, 0) is 29.9 Å². The van der Waals surface area contributed by atoms with Crippen LogP contribution in [0, 0.1) is 0 Å². The molecule has 0 radical (unpaired) electrons. The van der Waals surface area contributed by atoms with Crippen molar-refractivity contribution in [1.29, 1.82) is 0 Å². The maximum Gasteiger partial charge on any atom is 0.239 e. The van der Waals surface area contributed by atoms with Gasteiger partial charge in [-0.2, -0.15) is 11.8 Å². The first-order valence-electron chi connectivity index (χ1n) is 6.98. The molecule has 0 aliphatic carbocycles. The third kappa shape index (κ3) is 3.58. The van der Waals surface area contributed by atoms with Gasteiger partial charge in [-0.15, -0.1) is 22.9 Å². The Labute approximate surface area is 152 Å². The van der Waals surface area contributed by atoms with E-state index in [-0.39, 0.29) is 17.6 Å². The van der Waals surface area contributed by atoms with E-state index in [1.54, 1.807) is 24.3 Å². The summed E-state index contributed by atoms with van der Waals surface area (Å²) >= 11 is 14.9. The normalized spacial score (nSPS) is 13.5. The second-order valence-electron chi connectivity index (χ2n) is 5.03. The number of hydrogen-bond donors (Lipinski definition) is 1. The Balaban J connectivity index is 2.06. The summed E-state index contributed by atoms with van der Waals surface area (Å²) in [6, 6.07) is 6.87. The molecule has 3 nitrogen and oxygen atoms in total. The zero-order valence-corrected chi connectivity index (χ0v) is 15.2. The lowest BCUT2D eigenvalue weighted by Crippen LogP contribution is -2.15. The van der Waals surface area contributed by atoms with Crippen LogP contribution in [0.1, 0.15) is 26.4 Å². The number of alkyl halides is 1. The first-order valence-corrected chi connectivity index (χ1v) is 9.87. The molecular formula is C16H13Cl2NO2S2. The first-order chi connectivity index (χ1) is 11.1. The van der Waals surface area contributed by atoms with Gasteiger partial charge >= 0.3 is 0 Å². The molecule has 1 aromatic heterocycles. The van der Waals surface area contributed by atoms with Crippen molar-refractivity contribution in [2.75, 3.05) is 16.9 Å². The molecule has 1 aliphatic rings. The molecule has 0 fully saturated rings. The van der Waals surface area contributed by atoms with E-state index in [1.165, 1.54) is 11.3 Å². The molecule has 1 aliphatic heterocycles. The van der Waals surface area contributed by atoms with Crippen LogP contribution in [0.4, 0.5) is 5.00 Å². The number of thiophene rings is 1. The zero-order valence-electron chi connectivity index (χ0n) is 12.0. The highest BCUT2D eigenvalue weighted by Crippen LogP contribution is 2.40. The van der Waals surface area contributed by atoms with Crippen LogP contribution in [0.15, 0.2) is 24.3 Å². The lowest BCUT2D eigenvalue weighted by molar-refractivity contribution is -0.113. The fourth-order valence-electron chi connectivity index (χ4n) is 2.49. The fourth-order valence-corrected chi connectivity index (χ4v) is 5.15. The van der Waals surface area contributed by atoms with Crippen LogP contribution < -0.4 is 5.32 Å². The van der Waals surface area contributed by atoms with Crippen LogP contribution in [0.25, 0.3) is 0 Å². The first kappa shape index (κ1) is 16.8. The summed E-state index contributed by atoms with van der Waals surface area (Å²) in [7, 11) is 0. The molecule has 2 heterocycles. The third-order valence-electron chi connectivity index (χ3n) is 3.51. The van der Waals surface area contributed by atoms with Crippen LogP contribution in [0.5, 0.6) is 0 Å². The van der Waals surface area contributed by atoms with E-state index in [0.29, 0.717) is 21.2 Å². The number of amides is 1. The topological polar surface area (TPSA) is 46.2 Å². The van der Waals surface area contributed by atoms with E-state index in [2.05, 4.69) is 5.32 Å². The fraction of sp³-hybridized carbons (Fsp3) is 0.250. The molecule has 2 aromatic rings. The predicted octanol–water partition coefficient (Wildman–Crippen LogP) is 4.60. The molecule has 0 spiro atoms. The number of thioether (sulfide) groups is 1. The van der Waals surface area contributed by atoms with Crippen molar-refractivity contribution in [2.45, 2.75) is 12.2 Å². The Hall–Kier alpha value is -1.01. The van der Waals surface area contributed by atoms with Crippen molar-refractivity contribution in [3.63, 3.8) is 0 Å². The summed E-state index contributed by atoms with van der Waals surface area (Å²) in [5.74, 6) is 1.29. The second kappa shape index (κ2) is 7.26. The lowest BCUT2D eigenvalue weighted by Gasteiger charge is -2.12. The number of anilines is 1. The minimum Gasteiger partial charge on any atom is -0.316 e. The maximum atomic E-state index is 13.0. The van der Waals surface area contributed by atoms with Crippen LogP contribution in [-0.4, -0.2) is 23.3 Å².